The standard InChI is InChI=1S/C19H29/c1-5-7-15-8-6-9-17(14-15)16-10-12-18(13-11-16)19(2,3)4/h6,8-9,14,16,18H,1,5,7,10-13H2,2-4H3. The Labute approximate surface area is 119 Å². The van der Waals surface area contributed by atoms with Crippen LogP contribution in [-0.4, -0.2) is 0 Å². The summed E-state index contributed by atoms with van der Waals surface area (Å²) in [4.78, 5) is 0. The number of hydrogen-bond acceptors (Lipinski definition) is 0. The first-order valence-electron chi connectivity index (χ1n) is 7.89. The van der Waals surface area contributed by atoms with Gasteiger partial charge in [-0.2, -0.15) is 0 Å². The summed E-state index contributed by atoms with van der Waals surface area (Å²) >= 11 is 0. The van der Waals surface area contributed by atoms with Crippen LogP contribution in [0, 0.1) is 18.3 Å². The maximum atomic E-state index is 3.96. The van der Waals surface area contributed by atoms with Crippen LogP contribution in [0.4, 0.5) is 0 Å². The second-order valence-corrected chi connectivity index (χ2v) is 7.26. The summed E-state index contributed by atoms with van der Waals surface area (Å²) in [5.74, 6) is 1.70. The molecule has 0 spiro atoms. The summed E-state index contributed by atoms with van der Waals surface area (Å²) in [7, 11) is 0. The van der Waals surface area contributed by atoms with Gasteiger partial charge in [-0.1, -0.05) is 52.0 Å². The highest BCUT2D eigenvalue weighted by Gasteiger charge is 2.30. The Morgan fingerprint density at radius 3 is 2.37 bits per heavy atom. The second-order valence-electron chi connectivity index (χ2n) is 7.26. The van der Waals surface area contributed by atoms with Gasteiger partial charge in [-0.15, -0.1) is 0 Å². The molecule has 0 aliphatic heterocycles. The Balaban J connectivity index is 1.99. The van der Waals surface area contributed by atoms with Crippen LogP contribution in [0.5, 0.6) is 0 Å². The van der Waals surface area contributed by atoms with Crippen molar-refractivity contribution in [3.05, 3.63) is 42.3 Å². The molecule has 0 bridgehead atoms. The fourth-order valence-electron chi connectivity index (χ4n) is 3.50. The van der Waals surface area contributed by atoms with E-state index in [0.29, 0.717) is 5.41 Å². The molecule has 1 aromatic rings. The molecule has 1 fully saturated rings. The molecule has 1 aliphatic rings. The van der Waals surface area contributed by atoms with Crippen molar-refractivity contribution in [2.75, 3.05) is 0 Å². The molecule has 1 radical (unpaired) electrons. The Kier molecular flexibility index (Phi) is 4.71. The highest BCUT2D eigenvalue weighted by atomic mass is 14.3. The van der Waals surface area contributed by atoms with Gasteiger partial charge in [-0.3, -0.25) is 0 Å². The van der Waals surface area contributed by atoms with Crippen LogP contribution in [0.15, 0.2) is 24.3 Å². The van der Waals surface area contributed by atoms with Crippen LogP contribution in [-0.2, 0) is 6.42 Å². The van der Waals surface area contributed by atoms with E-state index in [2.05, 4.69) is 52.0 Å². The predicted molar refractivity (Wildman–Crippen MR) is 84.3 cm³/mol. The molecular weight excluding hydrogens is 228 g/mol. The minimum absolute atomic E-state index is 0.487. The van der Waals surface area contributed by atoms with Gasteiger partial charge in [0.25, 0.3) is 0 Å². The number of rotatable bonds is 3. The van der Waals surface area contributed by atoms with Gasteiger partial charge in [0.1, 0.15) is 0 Å². The molecule has 1 aromatic carbocycles. The van der Waals surface area contributed by atoms with Gasteiger partial charge in [0.15, 0.2) is 0 Å². The Morgan fingerprint density at radius 1 is 1.11 bits per heavy atom. The fraction of sp³-hybridized carbons (Fsp3) is 0.632. The zero-order chi connectivity index (χ0) is 13.9. The van der Waals surface area contributed by atoms with Gasteiger partial charge in [0, 0.05) is 0 Å². The average Bonchev–Trinajstić information content (AvgIpc) is 2.39. The van der Waals surface area contributed by atoms with Crippen molar-refractivity contribution in [1.29, 1.82) is 0 Å². The van der Waals surface area contributed by atoms with Crippen LogP contribution in [0.25, 0.3) is 0 Å². The maximum absolute atomic E-state index is 3.96. The van der Waals surface area contributed by atoms with Crippen molar-refractivity contribution >= 4 is 0 Å². The van der Waals surface area contributed by atoms with Crippen molar-refractivity contribution in [2.24, 2.45) is 11.3 Å². The van der Waals surface area contributed by atoms with Gasteiger partial charge in [0.05, 0.1) is 0 Å². The SMILES string of the molecule is [CH2]CCc1cccc(C2CCC(C(C)(C)C)CC2)c1. The lowest BCUT2D eigenvalue weighted by Crippen LogP contribution is -2.25. The van der Waals surface area contributed by atoms with Crippen LogP contribution >= 0.6 is 0 Å². The second kappa shape index (κ2) is 6.11. The average molecular weight is 257 g/mol. The van der Waals surface area contributed by atoms with E-state index in [-0.39, 0.29) is 0 Å². The first-order valence-corrected chi connectivity index (χ1v) is 7.89. The summed E-state index contributed by atoms with van der Waals surface area (Å²) in [6, 6.07) is 9.23. The van der Waals surface area contributed by atoms with E-state index in [4.69, 9.17) is 0 Å². The van der Waals surface area contributed by atoms with Crippen molar-refractivity contribution < 1.29 is 0 Å². The van der Waals surface area contributed by atoms with Gasteiger partial charge in [0.2, 0.25) is 0 Å². The van der Waals surface area contributed by atoms with E-state index < -0.39 is 0 Å². The normalized spacial score (nSPS) is 24.4. The largest absolute Gasteiger partial charge is 0.0617 e. The van der Waals surface area contributed by atoms with Crippen molar-refractivity contribution in [1.82, 2.24) is 0 Å². The van der Waals surface area contributed by atoms with Crippen LogP contribution in [0.3, 0.4) is 0 Å². The van der Waals surface area contributed by atoms with E-state index in [0.717, 1.165) is 24.7 Å². The zero-order valence-corrected chi connectivity index (χ0v) is 12.9. The maximum Gasteiger partial charge on any atom is -0.0162 e. The third-order valence-electron chi connectivity index (χ3n) is 4.84. The first kappa shape index (κ1) is 14.6. The van der Waals surface area contributed by atoms with E-state index in [9.17, 15) is 0 Å². The molecule has 2 rings (SSSR count). The van der Waals surface area contributed by atoms with Gasteiger partial charge in [-0.05, 0) is 66.9 Å². The van der Waals surface area contributed by atoms with Crippen molar-refractivity contribution in [3.63, 3.8) is 0 Å². The molecule has 0 atom stereocenters. The lowest BCUT2D eigenvalue weighted by molar-refractivity contribution is 0.169. The molecular formula is C19H29. The summed E-state index contributed by atoms with van der Waals surface area (Å²) < 4.78 is 0. The van der Waals surface area contributed by atoms with Gasteiger partial charge in [-0.25, -0.2) is 0 Å². The van der Waals surface area contributed by atoms with E-state index in [1.807, 2.05) is 0 Å². The lowest BCUT2D eigenvalue weighted by atomic mass is 9.68. The quantitative estimate of drug-likeness (QED) is 0.644. The summed E-state index contributed by atoms with van der Waals surface area (Å²) in [5.41, 5.74) is 3.52. The Morgan fingerprint density at radius 2 is 1.79 bits per heavy atom. The monoisotopic (exact) mass is 257 g/mol. The molecule has 105 valence electrons. The number of benzene rings is 1. The molecule has 0 nitrogen and oxygen atoms in total. The Hall–Kier alpha value is -0.780. The summed E-state index contributed by atoms with van der Waals surface area (Å²) in [5, 5.41) is 0. The molecule has 0 amide bonds. The minimum Gasteiger partial charge on any atom is -0.0617 e. The molecule has 0 heteroatoms. The van der Waals surface area contributed by atoms with E-state index in [1.165, 1.54) is 31.2 Å². The number of hydrogen-bond donors (Lipinski definition) is 0. The van der Waals surface area contributed by atoms with Crippen LogP contribution < -0.4 is 0 Å². The lowest BCUT2D eigenvalue weighted by Gasteiger charge is -2.37. The molecule has 0 aromatic heterocycles. The molecule has 0 unspecified atom stereocenters. The topological polar surface area (TPSA) is 0 Å². The molecule has 0 N–H and O–H groups in total. The van der Waals surface area contributed by atoms with Crippen LogP contribution in [0.1, 0.15) is 69.9 Å². The van der Waals surface area contributed by atoms with Crippen molar-refractivity contribution in [3.8, 4) is 0 Å². The van der Waals surface area contributed by atoms with E-state index >= 15 is 0 Å². The van der Waals surface area contributed by atoms with Crippen molar-refractivity contribution in [2.45, 2.75) is 65.2 Å². The zero-order valence-electron chi connectivity index (χ0n) is 12.9. The highest BCUT2D eigenvalue weighted by molar-refractivity contribution is 5.27. The summed E-state index contributed by atoms with van der Waals surface area (Å²) in [6.45, 7) is 11.1. The Bertz CT molecular complexity index is 389. The predicted octanol–water partition coefficient (Wildman–Crippen LogP) is 5.77. The van der Waals surface area contributed by atoms with E-state index in [1.54, 1.807) is 5.56 Å². The first-order chi connectivity index (χ1) is 9.00. The summed E-state index contributed by atoms with van der Waals surface area (Å²) in [6.07, 6.45) is 7.65. The third-order valence-corrected chi connectivity index (χ3v) is 4.84. The highest BCUT2D eigenvalue weighted by Crippen LogP contribution is 2.43. The smallest absolute Gasteiger partial charge is 0.0162 e. The molecule has 0 saturated heterocycles. The molecule has 19 heavy (non-hydrogen) atoms. The number of aryl methyl sites for hydroxylation is 1. The molecule has 0 heterocycles. The minimum atomic E-state index is 0.487. The van der Waals surface area contributed by atoms with Gasteiger partial charge >= 0.3 is 0 Å². The molecule has 1 saturated carbocycles. The third kappa shape index (κ3) is 3.84. The fourth-order valence-corrected chi connectivity index (χ4v) is 3.50. The molecule has 1 aliphatic carbocycles. The van der Waals surface area contributed by atoms with Crippen LogP contribution in [0.2, 0.25) is 0 Å². The van der Waals surface area contributed by atoms with Gasteiger partial charge < -0.3 is 0 Å².